The van der Waals surface area contributed by atoms with Gasteiger partial charge in [-0.15, -0.1) is 0 Å². The van der Waals surface area contributed by atoms with E-state index in [4.69, 9.17) is 0 Å². The van der Waals surface area contributed by atoms with E-state index in [9.17, 15) is 9.90 Å². The van der Waals surface area contributed by atoms with Gasteiger partial charge in [-0.05, 0) is 32.1 Å². The number of rotatable bonds is 4. The minimum Gasteiger partial charge on any atom is -0.480 e. The molecule has 2 atom stereocenters. The zero-order valence-corrected chi connectivity index (χ0v) is 9.54. The van der Waals surface area contributed by atoms with Crippen molar-refractivity contribution in [3.63, 3.8) is 0 Å². The molecule has 1 heterocycles. The van der Waals surface area contributed by atoms with E-state index in [-0.39, 0.29) is 6.04 Å². The number of nitrogens with one attached hydrogen (secondary N) is 1. The molecule has 2 unspecified atom stereocenters. The third-order valence-electron chi connectivity index (χ3n) is 3.77. The van der Waals surface area contributed by atoms with E-state index in [0.29, 0.717) is 18.9 Å². The number of aromatic nitrogens is 3. The summed E-state index contributed by atoms with van der Waals surface area (Å²) in [7, 11) is 0. The largest absolute Gasteiger partial charge is 0.480 e. The van der Waals surface area contributed by atoms with Crippen LogP contribution in [0.1, 0.15) is 38.1 Å². The Kier molecular flexibility index (Phi) is 2.39. The molecular formula is C11H16N4O2. The zero-order chi connectivity index (χ0) is 11.9. The maximum atomic E-state index is 11.5. The van der Waals surface area contributed by atoms with Gasteiger partial charge in [-0.25, -0.2) is 9.67 Å². The molecule has 0 spiro atoms. The second-order valence-electron chi connectivity index (χ2n) is 5.08. The number of carboxylic acids is 1. The molecule has 0 saturated heterocycles. The molecule has 0 radical (unpaired) electrons. The van der Waals surface area contributed by atoms with Crippen molar-refractivity contribution in [3.05, 3.63) is 12.7 Å². The Morgan fingerprint density at radius 1 is 1.47 bits per heavy atom. The van der Waals surface area contributed by atoms with Gasteiger partial charge in [-0.2, -0.15) is 5.10 Å². The fraction of sp³-hybridized carbons (Fsp3) is 0.727. The smallest absolute Gasteiger partial charge is 0.323 e. The molecule has 0 aromatic carbocycles. The van der Waals surface area contributed by atoms with E-state index in [0.717, 1.165) is 19.3 Å². The normalized spacial score (nSPS) is 32.8. The van der Waals surface area contributed by atoms with Gasteiger partial charge in [0, 0.05) is 6.04 Å². The lowest BCUT2D eigenvalue weighted by atomic mass is 9.97. The number of carboxylic acid groups (broad SMARTS) is 1. The predicted molar refractivity (Wildman–Crippen MR) is 59.4 cm³/mol. The van der Waals surface area contributed by atoms with Crippen LogP contribution in [0.3, 0.4) is 0 Å². The molecule has 2 N–H and O–H groups in total. The highest BCUT2D eigenvalue weighted by Crippen LogP contribution is 2.39. The molecule has 1 aromatic heterocycles. The van der Waals surface area contributed by atoms with E-state index < -0.39 is 11.5 Å². The molecule has 92 valence electrons. The summed E-state index contributed by atoms with van der Waals surface area (Å²) in [6.07, 6.45) is 7.47. The van der Waals surface area contributed by atoms with Crippen molar-refractivity contribution < 1.29 is 9.90 Å². The fourth-order valence-corrected chi connectivity index (χ4v) is 2.66. The summed E-state index contributed by atoms with van der Waals surface area (Å²) in [5.74, 6) is -0.730. The average molecular weight is 236 g/mol. The van der Waals surface area contributed by atoms with Crippen molar-refractivity contribution in [1.82, 2.24) is 20.1 Å². The van der Waals surface area contributed by atoms with Crippen LogP contribution in [0.15, 0.2) is 12.7 Å². The molecule has 0 amide bonds. The Hall–Kier alpha value is -1.43. The van der Waals surface area contributed by atoms with Gasteiger partial charge in [0.1, 0.15) is 18.2 Å². The van der Waals surface area contributed by atoms with Crippen molar-refractivity contribution in [2.24, 2.45) is 0 Å². The second-order valence-corrected chi connectivity index (χ2v) is 5.08. The Bertz CT molecular complexity index is 415. The Morgan fingerprint density at radius 3 is 2.88 bits per heavy atom. The Balaban J connectivity index is 1.76. The van der Waals surface area contributed by atoms with Crippen molar-refractivity contribution in [3.8, 4) is 0 Å². The quantitative estimate of drug-likeness (QED) is 0.799. The number of aliphatic carboxylic acids is 1. The van der Waals surface area contributed by atoms with Crippen molar-refractivity contribution in [2.75, 3.05) is 0 Å². The molecule has 2 aliphatic rings. The van der Waals surface area contributed by atoms with Crippen LogP contribution < -0.4 is 5.32 Å². The van der Waals surface area contributed by atoms with Gasteiger partial charge in [-0.1, -0.05) is 0 Å². The highest BCUT2D eigenvalue weighted by molar-refractivity contribution is 5.79. The van der Waals surface area contributed by atoms with Gasteiger partial charge in [0.2, 0.25) is 0 Å². The maximum absolute atomic E-state index is 11.5. The van der Waals surface area contributed by atoms with Gasteiger partial charge < -0.3 is 5.11 Å². The Morgan fingerprint density at radius 2 is 2.29 bits per heavy atom. The molecule has 2 aliphatic carbocycles. The van der Waals surface area contributed by atoms with Gasteiger partial charge in [0.25, 0.3) is 0 Å². The molecule has 2 saturated carbocycles. The number of hydrogen-bond acceptors (Lipinski definition) is 4. The van der Waals surface area contributed by atoms with Crippen molar-refractivity contribution >= 4 is 5.97 Å². The van der Waals surface area contributed by atoms with Crippen LogP contribution in [0.4, 0.5) is 0 Å². The lowest BCUT2D eigenvalue weighted by Crippen LogP contribution is -2.51. The highest BCUT2D eigenvalue weighted by atomic mass is 16.4. The molecule has 3 rings (SSSR count). The van der Waals surface area contributed by atoms with Crippen LogP contribution in [0.2, 0.25) is 0 Å². The first-order valence-electron chi connectivity index (χ1n) is 6.05. The van der Waals surface area contributed by atoms with E-state index in [1.54, 1.807) is 11.0 Å². The number of carbonyl (C=O) groups is 1. The number of hydrogen-bond donors (Lipinski definition) is 2. The van der Waals surface area contributed by atoms with E-state index >= 15 is 0 Å². The van der Waals surface area contributed by atoms with Gasteiger partial charge in [0.15, 0.2) is 0 Å². The summed E-state index contributed by atoms with van der Waals surface area (Å²) >= 11 is 0. The topological polar surface area (TPSA) is 80.0 Å². The molecule has 0 aliphatic heterocycles. The van der Waals surface area contributed by atoms with Crippen LogP contribution >= 0.6 is 0 Å². The summed E-state index contributed by atoms with van der Waals surface area (Å²) in [6, 6.07) is 0.556. The van der Waals surface area contributed by atoms with Gasteiger partial charge in [0.05, 0.1) is 6.04 Å². The Labute approximate surface area is 99.0 Å². The molecule has 0 bridgehead atoms. The van der Waals surface area contributed by atoms with Gasteiger partial charge in [-0.3, -0.25) is 10.1 Å². The first kappa shape index (κ1) is 10.7. The summed E-state index contributed by atoms with van der Waals surface area (Å²) in [4.78, 5) is 15.4. The molecular weight excluding hydrogens is 220 g/mol. The predicted octanol–water partition coefficient (Wildman–Crippen LogP) is 0.578. The summed E-state index contributed by atoms with van der Waals surface area (Å²) < 4.78 is 1.78. The van der Waals surface area contributed by atoms with Gasteiger partial charge >= 0.3 is 5.97 Å². The molecule has 1 aromatic rings. The average Bonchev–Trinajstić information content (AvgIpc) is 2.83. The standard InChI is InChI=1S/C11H16N4O2/c16-10(17)11(14-8-1-2-8)4-3-9(5-11)15-7-12-6-13-15/h6-9,14H,1-5H2,(H,16,17). The zero-order valence-electron chi connectivity index (χ0n) is 9.54. The van der Waals surface area contributed by atoms with E-state index in [2.05, 4.69) is 15.4 Å². The van der Waals surface area contributed by atoms with Crippen molar-refractivity contribution in [2.45, 2.75) is 49.7 Å². The number of nitrogens with zero attached hydrogens (tertiary/aromatic N) is 3. The molecule has 6 nitrogen and oxygen atoms in total. The summed E-state index contributed by atoms with van der Waals surface area (Å²) in [5, 5.41) is 16.8. The molecule has 6 heteroatoms. The SMILES string of the molecule is O=C(O)C1(NC2CC2)CCC(n2cncn2)C1. The first-order chi connectivity index (χ1) is 8.20. The third kappa shape index (κ3) is 1.93. The minimum atomic E-state index is -0.752. The lowest BCUT2D eigenvalue weighted by molar-refractivity contribution is -0.144. The van der Waals surface area contributed by atoms with Crippen LogP contribution in [-0.4, -0.2) is 37.4 Å². The molecule has 17 heavy (non-hydrogen) atoms. The molecule has 2 fully saturated rings. The second kappa shape index (κ2) is 3.80. The van der Waals surface area contributed by atoms with Crippen LogP contribution in [0.5, 0.6) is 0 Å². The van der Waals surface area contributed by atoms with Crippen LogP contribution in [-0.2, 0) is 4.79 Å². The van der Waals surface area contributed by atoms with E-state index in [1.165, 1.54) is 6.33 Å². The first-order valence-corrected chi connectivity index (χ1v) is 6.05. The van der Waals surface area contributed by atoms with Crippen LogP contribution in [0, 0.1) is 0 Å². The lowest BCUT2D eigenvalue weighted by Gasteiger charge is -2.26. The summed E-state index contributed by atoms with van der Waals surface area (Å²) in [5.41, 5.74) is -0.752. The highest BCUT2D eigenvalue weighted by Gasteiger charge is 2.48. The minimum absolute atomic E-state index is 0.153. The maximum Gasteiger partial charge on any atom is 0.323 e. The van der Waals surface area contributed by atoms with Crippen LogP contribution in [0.25, 0.3) is 0 Å². The third-order valence-corrected chi connectivity index (χ3v) is 3.77. The van der Waals surface area contributed by atoms with Crippen molar-refractivity contribution in [1.29, 1.82) is 0 Å². The van der Waals surface area contributed by atoms with E-state index in [1.807, 2.05) is 0 Å². The summed E-state index contributed by atoms with van der Waals surface area (Å²) in [6.45, 7) is 0. The monoisotopic (exact) mass is 236 g/mol. The fourth-order valence-electron chi connectivity index (χ4n) is 2.66.